The van der Waals surface area contributed by atoms with Crippen molar-refractivity contribution in [3.8, 4) is 0 Å². The van der Waals surface area contributed by atoms with E-state index in [1.165, 1.54) is 4.46 Å². The second kappa shape index (κ2) is 13.5. The SMILES string of the molecule is CCC[C@H](N[S@@](=O)c1ccc(C)cc1)[C@@H]([Se]c1ccccc1)c1ccccc1[S@@](=O)c1ccc(C)cc1. The van der Waals surface area contributed by atoms with Gasteiger partial charge in [0.05, 0.1) is 0 Å². The second-order valence-corrected chi connectivity index (χ2v) is 14.3. The normalized spacial score (nSPS) is 14.6. The van der Waals surface area contributed by atoms with Crippen LogP contribution >= 0.6 is 0 Å². The molecule has 0 aliphatic heterocycles. The van der Waals surface area contributed by atoms with Crippen LogP contribution in [0.15, 0.2) is 118 Å². The van der Waals surface area contributed by atoms with Crippen molar-refractivity contribution in [2.45, 2.75) is 59.2 Å². The fourth-order valence-corrected chi connectivity index (χ4v) is 9.54. The van der Waals surface area contributed by atoms with Gasteiger partial charge >= 0.3 is 233 Å². The monoisotopic (exact) mass is 595 g/mol. The molecule has 0 aromatic heterocycles. The molecule has 0 aliphatic carbocycles. The van der Waals surface area contributed by atoms with E-state index in [0.29, 0.717) is 0 Å². The van der Waals surface area contributed by atoms with Crippen LogP contribution < -0.4 is 9.18 Å². The van der Waals surface area contributed by atoms with Crippen molar-refractivity contribution in [2.24, 2.45) is 0 Å². The van der Waals surface area contributed by atoms with Crippen LogP contribution in [-0.2, 0) is 21.8 Å². The molecule has 1 N–H and O–H groups in total. The summed E-state index contributed by atoms with van der Waals surface area (Å²) in [6, 6.07) is 34.3. The molecule has 0 saturated heterocycles. The van der Waals surface area contributed by atoms with Crippen molar-refractivity contribution in [1.29, 1.82) is 0 Å². The molecule has 0 aliphatic rings. The first-order valence-corrected chi connectivity index (χ1v) is 16.6. The molecule has 0 bridgehead atoms. The van der Waals surface area contributed by atoms with Crippen molar-refractivity contribution in [2.75, 3.05) is 0 Å². The molecule has 0 heterocycles. The maximum atomic E-state index is 13.8. The van der Waals surface area contributed by atoms with Gasteiger partial charge in [0.2, 0.25) is 0 Å². The van der Waals surface area contributed by atoms with Gasteiger partial charge in [-0.05, 0) is 0 Å². The molecule has 0 saturated carbocycles. The number of rotatable bonds is 11. The van der Waals surface area contributed by atoms with Crippen LogP contribution in [-0.4, -0.2) is 29.4 Å². The average molecular weight is 595 g/mol. The van der Waals surface area contributed by atoms with Gasteiger partial charge in [-0.25, -0.2) is 0 Å². The number of benzene rings is 4. The summed E-state index contributed by atoms with van der Waals surface area (Å²) in [5, 5.41) is 0. The Morgan fingerprint density at radius 3 is 1.92 bits per heavy atom. The minimum atomic E-state index is -1.35. The summed E-state index contributed by atoms with van der Waals surface area (Å²) < 4.78 is 32.0. The standard InChI is InChI=1S/C31H33NO2S2Se/c1-4-10-29(32-36(34)26-21-17-24(3)18-22-26)31(37-27-11-6-5-7-12-27)28-13-8-9-14-30(28)35(33)25-19-15-23(2)16-20-25/h5-9,11-22,29,31-32H,4,10H2,1-3H3/t29-,31-,35-,36-/m0/s1. The Kier molecular flexibility index (Phi) is 10.1. The minimum absolute atomic E-state index is 0.0269. The molecule has 192 valence electrons. The van der Waals surface area contributed by atoms with Gasteiger partial charge in [-0.2, -0.15) is 0 Å². The molecule has 4 aromatic rings. The van der Waals surface area contributed by atoms with E-state index in [9.17, 15) is 8.42 Å². The second-order valence-electron chi connectivity index (χ2n) is 9.07. The topological polar surface area (TPSA) is 46.2 Å². The first-order valence-electron chi connectivity index (χ1n) is 12.5. The first-order chi connectivity index (χ1) is 18.0. The Morgan fingerprint density at radius 1 is 0.730 bits per heavy atom. The zero-order valence-electron chi connectivity index (χ0n) is 21.4. The zero-order chi connectivity index (χ0) is 26.2. The van der Waals surface area contributed by atoms with E-state index in [0.717, 1.165) is 44.2 Å². The molecule has 0 radical (unpaired) electrons. The van der Waals surface area contributed by atoms with E-state index in [1.807, 2.05) is 86.6 Å². The summed E-state index contributed by atoms with van der Waals surface area (Å²) in [5.41, 5.74) is 3.35. The van der Waals surface area contributed by atoms with Crippen molar-refractivity contribution in [3.05, 3.63) is 120 Å². The Morgan fingerprint density at radius 2 is 1.30 bits per heavy atom. The van der Waals surface area contributed by atoms with Gasteiger partial charge < -0.3 is 0 Å². The molecule has 0 unspecified atom stereocenters. The Labute approximate surface area is 232 Å². The predicted octanol–water partition coefficient (Wildman–Crippen LogP) is 6.02. The van der Waals surface area contributed by atoms with Crippen LogP contribution in [0.2, 0.25) is 0 Å². The Balaban J connectivity index is 1.74. The summed E-state index contributed by atoms with van der Waals surface area (Å²) in [6.45, 7) is 6.23. The van der Waals surface area contributed by atoms with Gasteiger partial charge in [-0.1, -0.05) is 0 Å². The maximum absolute atomic E-state index is 13.8. The zero-order valence-corrected chi connectivity index (χ0v) is 24.8. The van der Waals surface area contributed by atoms with E-state index < -0.39 is 21.8 Å². The van der Waals surface area contributed by atoms with Crippen LogP contribution in [0.4, 0.5) is 0 Å². The van der Waals surface area contributed by atoms with E-state index >= 15 is 0 Å². The van der Waals surface area contributed by atoms with E-state index in [4.69, 9.17) is 0 Å². The third-order valence-corrected chi connectivity index (χ3v) is 11.7. The molecule has 4 aromatic carbocycles. The number of hydrogen-bond donors (Lipinski definition) is 1. The number of nitrogens with one attached hydrogen (secondary N) is 1. The quantitative estimate of drug-likeness (QED) is 0.216. The van der Waals surface area contributed by atoms with Gasteiger partial charge in [0, 0.05) is 0 Å². The third-order valence-electron chi connectivity index (χ3n) is 6.13. The van der Waals surface area contributed by atoms with Gasteiger partial charge in [0.25, 0.3) is 0 Å². The first kappa shape index (κ1) is 27.7. The molecule has 3 nitrogen and oxygen atoms in total. The van der Waals surface area contributed by atoms with Gasteiger partial charge in [0.15, 0.2) is 0 Å². The molecule has 4 atom stereocenters. The van der Waals surface area contributed by atoms with E-state index in [1.54, 1.807) is 0 Å². The van der Waals surface area contributed by atoms with Crippen molar-refractivity contribution < 1.29 is 8.42 Å². The number of hydrogen-bond acceptors (Lipinski definition) is 2. The molecule has 4 rings (SSSR count). The third kappa shape index (κ3) is 7.37. The molecule has 0 spiro atoms. The summed E-state index contributed by atoms with van der Waals surface area (Å²) >= 11 is 0.0269. The number of aryl methyl sites for hydroxylation is 2. The summed E-state index contributed by atoms with van der Waals surface area (Å²) in [4.78, 5) is 2.45. The van der Waals surface area contributed by atoms with E-state index in [2.05, 4.69) is 42.0 Å². The molecule has 6 heteroatoms. The molecular formula is C31H33NO2S2Se. The van der Waals surface area contributed by atoms with Crippen molar-refractivity contribution >= 4 is 41.2 Å². The fraction of sp³-hybridized carbons (Fsp3) is 0.226. The van der Waals surface area contributed by atoms with E-state index in [-0.39, 0.29) is 25.8 Å². The van der Waals surface area contributed by atoms with Crippen LogP contribution in [0.3, 0.4) is 0 Å². The Bertz CT molecular complexity index is 1340. The molecule has 37 heavy (non-hydrogen) atoms. The average Bonchev–Trinajstić information content (AvgIpc) is 2.92. The predicted molar refractivity (Wildman–Crippen MR) is 156 cm³/mol. The van der Waals surface area contributed by atoms with Gasteiger partial charge in [-0.3, -0.25) is 0 Å². The molecule has 0 fully saturated rings. The fourth-order valence-electron chi connectivity index (χ4n) is 4.13. The van der Waals surface area contributed by atoms with Crippen LogP contribution in [0, 0.1) is 13.8 Å². The van der Waals surface area contributed by atoms with Crippen molar-refractivity contribution in [3.63, 3.8) is 0 Å². The van der Waals surface area contributed by atoms with Crippen LogP contribution in [0.5, 0.6) is 0 Å². The molecule has 0 amide bonds. The van der Waals surface area contributed by atoms with Gasteiger partial charge in [0.1, 0.15) is 0 Å². The Hall–Kier alpha value is -2.34. The molecular weight excluding hydrogens is 561 g/mol. The summed E-state index contributed by atoms with van der Waals surface area (Å²) in [7, 11) is -2.66. The van der Waals surface area contributed by atoms with Gasteiger partial charge in [-0.15, -0.1) is 0 Å². The van der Waals surface area contributed by atoms with Crippen LogP contribution in [0.1, 0.15) is 41.3 Å². The summed E-state index contributed by atoms with van der Waals surface area (Å²) in [6.07, 6.45) is 1.82. The van der Waals surface area contributed by atoms with Crippen LogP contribution in [0.25, 0.3) is 0 Å². The van der Waals surface area contributed by atoms with Crippen molar-refractivity contribution in [1.82, 2.24) is 4.72 Å². The summed E-state index contributed by atoms with van der Waals surface area (Å²) in [5.74, 6) is 0.